The Kier molecular flexibility index (Phi) is 20.8. The molecule has 106 heavy (non-hydrogen) atoms. The first-order valence-corrected chi connectivity index (χ1v) is 42.0. The fourth-order valence-electron chi connectivity index (χ4n) is 9.44. The number of nitrogens with one attached hydrogen (secondary N) is 4. The van der Waals surface area contributed by atoms with Crippen LogP contribution in [0.1, 0.15) is 0 Å². The Morgan fingerprint density at radius 3 is 0.774 bits per heavy atom. The number of halogens is 2. The number of rotatable bonds is 23. The Morgan fingerprint density at radius 1 is 0.255 bits per heavy atom. The molecular formula is C50H34Cl2N14O30S10. The fraction of sp³-hybridized carbons (Fsp3) is 0. The van der Waals surface area contributed by atoms with Crippen LogP contribution in [0.4, 0.5) is 69.3 Å². The SMILES string of the molecule is O=S(=O)(O)c1cc(S(=O)(=O)O)c2cc(N=Nc3cc(Nc4nc(Cl)nc(Nc5ccc(-c6ccc(Nc7nc(Cl)nc(Nc8ccc(S(=O)(=O)O)c(N=Nc9cc%10c(S(=O)(=O)O)cc(S(=O)(=O)O)cc%10cc9S(=O)(=O)O)c8)n7)cc6S(=O)(=O)O)c(S(=O)(=O)O)c5)n4)ccc3S(=O)(=O)O)c(S(=O)(=O)O)cc2c1. The Morgan fingerprint density at radius 2 is 0.509 bits per heavy atom. The number of anilines is 8. The second-order valence-electron chi connectivity index (χ2n) is 20.9. The van der Waals surface area contributed by atoms with E-state index in [0.717, 1.165) is 60.7 Å². The molecule has 0 bridgehead atoms. The highest BCUT2D eigenvalue weighted by Crippen LogP contribution is 2.42. The molecular weight excluding hydrogens is 1670 g/mol. The van der Waals surface area contributed by atoms with Gasteiger partial charge in [0.15, 0.2) is 0 Å². The minimum atomic E-state index is -5.45. The molecule has 0 aliphatic heterocycles. The second kappa shape index (κ2) is 27.9. The lowest BCUT2D eigenvalue weighted by Crippen LogP contribution is -2.08. The zero-order valence-corrected chi connectivity index (χ0v) is 60.2. The van der Waals surface area contributed by atoms with E-state index in [1.165, 1.54) is 0 Å². The predicted octanol–water partition coefficient (Wildman–Crippen LogP) is 7.61. The number of benzene rings is 8. The van der Waals surface area contributed by atoms with Gasteiger partial charge in [-0.2, -0.15) is 114 Å². The minimum Gasteiger partial charge on any atom is -0.324 e. The van der Waals surface area contributed by atoms with Gasteiger partial charge in [0.1, 0.15) is 61.9 Å². The lowest BCUT2D eigenvalue weighted by Gasteiger charge is -2.15. The van der Waals surface area contributed by atoms with Crippen LogP contribution in [0.3, 0.4) is 0 Å². The van der Waals surface area contributed by atoms with E-state index in [-0.39, 0.29) is 34.9 Å². The van der Waals surface area contributed by atoms with Gasteiger partial charge in [0.05, 0.1) is 9.79 Å². The van der Waals surface area contributed by atoms with Crippen LogP contribution in [0, 0.1) is 0 Å². The number of fused-ring (bicyclic) bond motifs is 2. The third-order valence-electron chi connectivity index (χ3n) is 13.7. The quantitative estimate of drug-likeness (QED) is 0.0216. The smallest absolute Gasteiger partial charge is 0.296 e. The first-order chi connectivity index (χ1) is 48.6. The van der Waals surface area contributed by atoms with Crippen molar-refractivity contribution in [2.75, 3.05) is 21.3 Å². The molecule has 44 nitrogen and oxygen atoms in total. The highest BCUT2D eigenvalue weighted by Gasteiger charge is 2.30. The third kappa shape index (κ3) is 18.2. The summed E-state index contributed by atoms with van der Waals surface area (Å²) in [4.78, 5) is 12.1. The monoisotopic (exact) mass is 1700 g/mol. The predicted molar refractivity (Wildman–Crippen MR) is 362 cm³/mol. The van der Waals surface area contributed by atoms with Crippen molar-refractivity contribution in [3.63, 3.8) is 0 Å². The summed E-state index contributed by atoms with van der Waals surface area (Å²) in [5.41, 5.74) is -6.11. The number of azo groups is 2. The zero-order valence-electron chi connectivity index (χ0n) is 50.5. The molecule has 2 aromatic heterocycles. The Bertz CT molecular complexity index is 6410. The van der Waals surface area contributed by atoms with Crippen LogP contribution < -0.4 is 21.3 Å². The van der Waals surface area contributed by atoms with Crippen LogP contribution in [-0.2, 0) is 101 Å². The first-order valence-electron chi connectivity index (χ1n) is 26.9. The highest BCUT2D eigenvalue weighted by molar-refractivity contribution is 7.88. The molecule has 0 radical (unpaired) electrons. The molecule has 8 aromatic carbocycles. The Labute approximate surface area is 603 Å². The van der Waals surface area contributed by atoms with Gasteiger partial charge in [-0.15, -0.1) is 20.5 Å². The molecule has 56 heteroatoms. The number of aromatic nitrogens is 6. The second-order valence-corrected chi connectivity index (χ2v) is 35.5. The summed E-state index contributed by atoms with van der Waals surface area (Å²) in [6.45, 7) is 0. The number of nitrogens with zero attached hydrogens (tertiary/aromatic N) is 10. The average molecular weight is 1700 g/mol. The fourth-order valence-corrected chi connectivity index (χ4v) is 16.4. The van der Waals surface area contributed by atoms with E-state index >= 15 is 0 Å². The number of hydrogen-bond donors (Lipinski definition) is 14. The van der Waals surface area contributed by atoms with Crippen LogP contribution in [0.25, 0.3) is 32.7 Å². The zero-order chi connectivity index (χ0) is 78.4. The Hall–Kier alpha value is -9.62. The van der Waals surface area contributed by atoms with Gasteiger partial charge in [-0.3, -0.25) is 45.5 Å². The summed E-state index contributed by atoms with van der Waals surface area (Å²) in [5.74, 6) is -2.18. The van der Waals surface area contributed by atoms with Gasteiger partial charge in [-0.25, -0.2) is 0 Å². The molecule has 14 N–H and O–H groups in total. The highest BCUT2D eigenvalue weighted by atomic mass is 35.5. The van der Waals surface area contributed by atoms with E-state index in [1.807, 2.05) is 0 Å². The topological polar surface area (TPSA) is 719 Å². The van der Waals surface area contributed by atoms with Crippen molar-refractivity contribution >= 4 is 215 Å². The summed E-state index contributed by atoms with van der Waals surface area (Å²) in [7, 11) is -53.6. The summed E-state index contributed by atoms with van der Waals surface area (Å²) in [6, 6.07) is 14.0. The van der Waals surface area contributed by atoms with Gasteiger partial charge < -0.3 is 21.3 Å². The van der Waals surface area contributed by atoms with Gasteiger partial charge in [0, 0.05) is 44.6 Å². The largest absolute Gasteiger partial charge is 0.324 e. The minimum absolute atomic E-state index is 0.270. The van der Waals surface area contributed by atoms with Crippen molar-refractivity contribution in [3.05, 3.63) is 132 Å². The summed E-state index contributed by atoms with van der Waals surface area (Å²) in [5, 5.41) is 20.8. The molecule has 10 aromatic rings. The molecule has 10 rings (SSSR count). The molecule has 0 saturated heterocycles. The van der Waals surface area contributed by atoms with Crippen LogP contribution in [0.5, 0.6) is 0 Å². The van der Waals surface area contributed by atoms with Crippen molar-refractivity contribution in [1.82, 2.24) is 29.9 Å². The molecule has 0 unspecified atom stereocenters. The van der Waals surface area contributed by atoms with E-state index in [1.54, 1.807) is 0 Å². The average Bonchev–Trinajstić information content (AvgIpc) is 0.757. The van der Waals surface area contributed by atoms with E-state index in [9.17, 15) is 130 Å². The maximum absolute atomic E-state index is 13.1. The van der Waals surface area contributed by atoms with Gasteiger partial charge in [0.2, 0.25) is 34.4 Å². The first kappa shape index (κ1) is 79.0. The molecule has 0 aliphatic rings. The summed E-state index contributed by atoms with van der Waals surface area (Å²) >= 11 is 12.4. The van der Waals surface area contributed by atoms with Crippen molar-refractivity contribution < 1.29 is 130 Å². The lowest BCUT2D eigenvalue weighted by molar-refractivity contribution is 0.477. The van der Waals surface area contributed by atoms with Gasteiger partial charge in [-0.1, -0.05) is 12.1 Å². The van der Waals surface area contributed by atoms with E-state index in [2.05, 4.69) is 71.6 Å². The van der Waals surface area contributed by atoms with Crippen LogP contribution in [0.2, 0.25) is 10.6 Å². The van der Waals surface area contributed by atoms with E-state index in [4.69, 9.17) is 23.2 Å². The maximum atomic E-state index is 13.1. The van der Waals surface area contributed by atoms with E-state index in [0.29, 0.717) is 48.5 Å². The third-order valence-corrected chi connectivity index (χ3v) is 22.8. The van der Waals surface area contributed by atoms with Crippen molar-refractivity contribution in [3.8, 4) is 11.1 Å². The van der Waals surface area contributed by atoms with Gasteiger partial charge in [0.25, 0.3) is 101 Å². The molecule has 0 atom stereocenters. The van der Waals surface area contributed by atoms with Gasteiger partial charge >= 0.3 is 0 Å². The lowest BCUT2D eigenvalue weighted by atomic mass is 10.0. The summed E-state index contributed by atoms with van der Waals surface area (Å²) < 4.78 is 350. The van der Waals surface area contributed by atoms with Crippen LogP contribution in [0.15, 0.2) is 191 Å². The van der Waals surface area contributed by atoms with Crippen molar-refractivity contribution in [2.24, 2.45) is 20.5 Å². The molecule has 558 valence electrons. The van der Waals surface area contributed by atoms with E-state index < -0.39 is 240 Å². The van der Waals surface area contributed by atoms with Gasteiger partial charge in [-0.05, 0) is 143 Å². The molecule has 0 spiro atoms. The normalized spacial score (nSPS) is 13.2. The van der Waals surface area contributed by atoms with Crippen molar-refractivity contribution in [1.29, 1.82) is 0 Å². The Balaban J connectivity index is 0.922. The molecule has 0 fully saturated rings. The summed E-state index contributed by atoms with van der Waals surface area (Å²) in [6.07, 6.45) is 0. The maximum Gasteiger partial charge on any atom is 0.296 e. The molecule has 0 saturated carbocycles. The van der Waals surface area contributed by atoms with Crippen molar-refractivity contribution in [2.45, 2.75) is 49.0 Å². The van der Waals surface area contributed by atoms with Crippen LogP contribution >= 0.6 is 23.2 Å². The molecule has 0 amide bonds. The standard InChI is InChI=1S/C50H34Cl2N14O30S10/c51-45-57-47(53-23-3-7-37(99(73,74)75)33(13-23)63-65-35-19-31-21(11-43(35)105(91,92)93)9-27(97(67,68)69)17-41(31)103(85,86)87)61-49(59-45)55-25-1-5-29(39(15-25)101(79,80)81)30-6-2-26(16-40(30)102(82,83)84)56-50-60-46(52)58-48(62-50)54-24-4-8-38(100(76,77)78)34(14-24)64-66-36-20-32-22(12-44(36)106(94,95)96)10-28(98(70,71)72)18-42(32)104(88,89)90/h1-20H,(H,67,68,69)(H,70,71,72)(H,73,74,75)(H,76,77,78)(H,79,80,81)(H,82,83,84)(H,85,86,87)(H,88,89,90)(H,91,92,93)(H,94,95,96)(H2,53,55,57,59,61)(H2,54,56,58,60,62). The van der Waals surface area contributed by atoms with Crippen LogP contribution in [-0.4, -0.2) is 160 Å². The molecule has 0 aliphatic carbocycles. The molecule has 2 heterocycles. The number of hydrogen-bond acceptors (Lipinski definition) is 34.